The van der Waals surface area contributed by atoms with Crippen LogP contribution in [0.5, 0.6) is 0 Å². The van der Waals surface area contributed by atoms with Crippen molar-refractivity contribution in [2.45, 2.75) is 303 Å². The lowest BCUT2D eigenvalue weighted by Gasteiger charge is -2.18. The van der Waals surface area contributed by atoms with Crippen molar-refractivity contribution in [3.63, 3.8) is 0 Å². The SMILES string of the molecule is CC/C=C\C/C=C\C/C=C\C/C=C\CCCCC(=O)O[C@H](COC(=O)CCCCCCCCCCCCCCCC)COC(=O)CCCCCCCCCCCCCCCCCCCCC. The lowest BCUT2D eigenvalue weighted by molar-refractivity contribution is -0.167. The first-order valence-electron chi connectivity index (χ1n) is 28.6. The fourth-order valence-corrected chi connectivity index (χ4v) is 8.32. The molecule has 0 unspecified atom stereocenters. The highest BCUT2D eigenvalue weighted by Crippen LogP contribution is 2.17. The lowest BCUT2D eigenvalue weighted by Crippen LogP contribution is -2.30. The van der Waals surface area contributed by atoms with Gasteiger partial charge in [0.25, 0.3) is 0 Å². The highest BCUT2D eigenvalue weighted by molar-refractivity contribution is 5.71. The summed E-state index contributed by atoms with van der Waals surface area (Å²) in [5.74, 6) is -0.911. The monoisotopic (exact) mass is 925 g/mol. The molecule has 0 radical (unpaired) electrons. The molecule has 0 amide bonds. The molecule has 0 aliphatic heterocycles. The molecule has 0 fully saturated rings. The average molecular weight is 926 g/mol. The van der Waals surface area contributed by atoms with E-state index in [1.54, 1.807) is 0 Å². The number of ether oxygens (including phenoxy) is 3. The van der Waals surface area contributed by atoms with Gasteiger partial charge in [-0.25, -0.2) is 0 Å². The van der Waals surface area contributed by atoms with Crippen LogP contribution in [0.1, 0.15) is 297 Å². The highest BCUT2D eigenvalue weighted by Gasteiger charge is 2.19. The van der Waals surface area contributed by atoms with Crippen molar-refractivity contribution in [2.75, 3.05) is 13.2 Å². The Bertz CT molecular complexity index is 1150. The van der Waals surface area contributed by atoms with E-state index in [0.29, 0.717) is 19.3 Å². The number of carbonyl (C=O) groups is 3. The molecule has 0 rings (SSSR count). The molecule has 0 aromatic heterocycles. The summed E-state index contributed by atoms with van der Waals surface area (Å²) >= 11 is 0. The summed E-state index contributed by atoms with van der Waals surface area (Å²) in [5, 5.41) is 0. The number of allylic oxidation sites excluding steroid dienone is 8. The molecule has 0 aliphatic carbocycles. The van der Waals surface area contributed by atoms with Gasteiger partial charge in [0.1, 0.15) is 13.2 Å². The van der Waals surface area contributed by atoms with Gasteiger partial charge in [-0.05, 0) is 57.8 Å². The maximum atomic E-state index is 12.8. The molecule has 0 spiro atoms. The summed E-state index contributed by atoms with van der Waals surface area (Å²) in [7, 11) is 0. The summed E-state index contributed by atoms with van der Waals surface area (Å²) < 4.78 is 16.8. The molecule has 0 bridgehead atoms. The van der Waals surface area contributed by atoms with Crippen LogP contribution in [0.2, 0.25) is 0 Å². The van der Waals surface area contributed by atoms with Gasteiger partial charge >= 0.3 is 17.9 Å². The number of rotatable bonds is 52. The fraction of sp³-hybridized carbons (Fsp3) is 0.817. The number of hydrogen-bond donors (Lipinski definition) is 0. The second-order valence-electron chi connectivity index (χ2n) is 19.2. The number of esters is 3. The lowest BCUT2D eigenvalue weighted by atomic mass is 10.0. The quantitative estimate of drug-likeness (QED) is 0.0262. The Morgan fingerprint density at radius 3 is 0.924 bits per heavy atom. The first-order chi connectivity index (χ1) is 32.5. The zero-order valence-corrected chi connectivity index (χ0v) is 44.0. The van der Waals surface area contributed by atoms with Gasteiger partial charge < -0.3 is 14.2 Å². The first-order valence-corrected chi connectivity index (χ1v) is 28.6. The summed E-state index contributed by atoms with van der Waals surface area (Å²) in [5.41, 5.74) is 0. The predicted molar refractivity (Wildman–Crippen MR) is 284 cm³/mol. The maximum absolute atomic E-state index is 12.8. The van der Waals surface area contributed by atoms with E-state index < -0.39 is 6.10 Å². The van der Waals surface area contributed by atoms with Crippen LogP contribution < -0.4 is 0 Å². The van der Waals surface area contributed by atoms with Crippen molar-refractivity contribution in [1.82, 2.24) is 0 Å². The van der Waals surface area contributed by atoms with Gasteiger partial charge in [0.15, 0.2) is 6.10 Å². The van der Waals surface area contributed by atoms with E-state index in [9.17, 15) is 14.4 Å². The van der Waals surface area contributed by atoms with Crippen molar-refractivity contribution in [3.05, 3.63) is 48.6 Å². The van der Waals surface area contributed by atoms with Crippen LogP contribution in [-0.4, -0.2) is 37.2 Å². The van der Waals surface area contributed by atoms with Gasteiger partial charge in [-0.3, -0.25) is 14.4 Å². The molecule has 1 atom stereocenters. The van der Waals surface area contributed by atoms with Gasteiger partial charge in [0, 0.05) is 19.3 Å². The zero-order chi connectivity index (χ0) is 47.9. The second-order valence-corrected chi connectivity index (χ2v) is 19.2. The van der Waals surface area contributed by atoms with Crippen molar-refractivity contribution in [1.29, 1.82) is 0 Å². The third-order valence-electron chi connectivity index (χ3n) is 12.6. The van der Waals surface area contributed by atoms with E-state index >= 15 is 0 Å². The van der Waals surface area contributed by atoms with Crippen LogP contribution >= 0.6 is 0 Å². The molecule has 6 nitrogen and oxygen atoms in total. The fourth-order valence-electron chi connectivity index (χ4n) is 8.32. The van der Waals surface area contributed by atoms with E-state index in [-0.39, 0.29) is 37.5 Å². The summed E-state index contributed by atoms with van der Waals surface area (Å²) in [6, 6.07) is 0. The van der Waals surface area contributed by atoms with Gasteiger partial charge in [0.05, 0.1) is 0 Å². The summed E-state index contributed by atoms with van der Waals surface area (Å²) in [6.07, 6.45) is 66.8. The first kappa shape index (κ1) is 63.4. The molecular formula is C60H108O6. The number of carbonyl (C=O) groups excluding carboxylic acids is 3. The van der Waals surface area contributed by atoms with E-state index in [0.717, 1.165) is 77.0 Å². The molecule has 0 heterocycles. The molecule has 0 saturated carbocycles. The van der Waals surface area contributed by atoms with Crippen molar-refractivity contribution < 1.29 is 28.6 Å². The smallest absolute Gasteiger partial charge is 0.306 e. The Labute approximate surface area is 409 Å². The summed E-state index contributed by atoms with van der Waals surface area (Å²) in [6.45, 7) is 6.53. The van der Waals surface area contributed by atoms with Crippen LogP contribution in [0, 0.1) is 0 Å². The molecule has 0 N–H and O–H groups in total. The van der Waals surface area contributed by atoms with Crippen molar-refractivity contribution in [2.24, 2.45) is 0 Å². The van der Waals surface area contributed by atoms with Crippen LogP contribution in [0.25, 0.3) is 0 Å². The van der Waals surface area contributed by atoms with Gasteiger partial charge in [-0.1, -0.05) is 268 Å². The average Bonchev–Trinajstić information content (AvgIpc) is 3.31. The Balaban J connectivity index is 4.36. The van der Waals surface area contributed by atoms with E-state index in [1.807, 2.05) is 0 Å². The van der Waals surface area contributed by atoms with Crippen molar-refractivity contribution in [3.8, 4) is 0 Å². The highest BCUT2D eigenvalue weighted by atomic mass is 16.6. The normalized spacial score (nSPS) is 12.3. The zero-order valence-electron chi connectivity index (χ0n) is 44.0. The Morgan fingerprint density at radius 1 is 0.318 bits per heavy atom. The van der Waals surface area contributed by atoms with Gasteiger partial charge in [-0.15, -0.1) is 0 Å². The van der Waals surface area contributed by atoms with Crippen LogP contribution in [0.15, 0.2) is 48.6 Å². The molecule has 0 aliphatic rings. The minimum absolute atomic E-state index is 0.0855. The second kappa shape index (κ2) is 55.0. The van der Waals surface area contributed by atoms with Gasteiger partial charge in [0.2, 0.25) is 0 Å². The van der Waals surface area contributed by atoms with Gasteiger partial charge in [-0.2, -0.15) is 0 Å². The molecular weight excluding hydrogens is 817 g/mol. The molecule has 0 aromatic rings. The topological polar surface area (TPSA) is 78.9 Å². The maximum Gasteiger partial charge on any atom is 0.306 e. The molecule has 0 saturated heterocycles. The Hall–Kier alpha value is -2.63. The molecule has 384 valence electrons. The largest absolute Gasteiger partial charge is 0.462 e. The Morgan fingerprint density at radius 2 is 0.591 bits per heavy atom. The van der Waals surface area contributed by atoms with Crippen molar-refractivity contribution >= 4 is 17.9 Å². The number of hydrogen-bond acceptors (Lipinski definition) is 6. The summed E-state index contributed by atoms with van der Waals surface area (Å²) in [4.78, 5) is 38.1. The Kier molecular flexibility index (Phi) is 52.8. The predicted octanol–water partition coefficient (Wildman–Crippen LogP) is 19.0. The van der Waals surface area contributed by atoms with E-state index in [2.05, 4.69) is 69.4 Å². The van der Waals surface area contributed by atoms with Crippen LogP contribution in [-0.2, 0) is 28.6 Å². The minimum atomic E-state index is -0.791. The third kappa shape index (κ3) is 52.3. The van der Waals surface area contributed by atoms with Crippen LogP contribution in [0.3, 0.4) is 0 Å². The van der Waals surface area contributed by atoms with E-state index in [4.69, 9.17) is 14.2 Å². The standard InChI is InChI=1S/C60H108O6/c1-4-7-10-13-16-19-22-25-28-29-30-31-33-35-38-41-44-47-50-53-59(62)65-56-57(55-64-58(61)52-49-46-43-40-37-34-27-24-21-18-15-12-9-6-3)66-60(63)54-51-48-45-42-39-36-32-26-23-20-17-14-11-8-5-2/h8,11,17,20,26,32,39,42,57H,4-7,9-10,12-16,18-19,21-25,27-31,33-38,40-41,43-56H2,1-3H3/b11-8-,20-17-,32-26-,42-39-/t57-/m1/s1. The van der Waals surface area contributed by atoms with Crippen LogP contribution in [0.4, 0.5) is 0 Å². The molecule has 0 aromatic carbocycles. The molecule has 66 heavy (non-hydrogen) atoms. The van der Waals surface area contributed by atoms with E-state index in [1.165, 1.54) is 173 Å². The number of unbranched alkanes of at least 4 members (excludes halogenated alkanes) is 33. The third-order valence-corrected chi connectivity index (χ3v) is 12.6. The molecule has 6 heteroatoms. The minimum Gasteiger partial charge on any atom is -0.462 e.